The number of aromatic nitrogens is 1. The van der Waals surface area contributed by atoms with Crippen LogP contribution in [0.1, 0.15) is 33.3 Å². The molecule has 0 aliphatic heterocycles. The molecule has 21 heavy (non-hydrogen) atoms. The summed E-state index contributed by atoms with van der Waals surface area (Å²) >= 11 is 0.905. The zero-order valence-corrected chi connectivity index (χ0v) is 12.1. The number of rotatable bonds is 5. The summed E-state index contributed by atoms with van der Waals surface area (Å²) < 4.78 is 6.18. The lowest BCUT2D eigenvalue weighted by Gasteiger charge is -2.07. The lowest BCUT2D eigenvalue weighted by molar-refractivity contribution is 0.0513. The monoisotopic (exact) mass is 307 g/mol. The molecule has 1 aromatic carbocycles. The van der Waals surface area contributed by atoms with Gasteiger partial charge in [-0.05, 0) is 24.6 Å². The molecule has 110 valence electrons. The molecule has 1 N–H and O–H groups in total. The van der Waals surface area contributed by atoms with Crippen molar-refractivity contribution in [3.8, 4) is 0 Å². The highest BCUT2D eigenvalue weighted by Gasteiger charge is 2.16. The van der Waals surface area contributed by atoms with E-state index >= 15 is 0 Å². The Balaban J connectivity index is 2.33. The van der Waals surface area contributed by atoms with E-state index in [-0.39, 0.29) is 29.3 Å². The standard InChI is InChI=1S/C14H13NO5S/c1-2-20-13(18)11-8-21-14(19)15(11)7-9-4-3-5-10(6-9)12(16)17/h3-6,8H,2,7H2,1H3,(H,16,17). The molecule has 0 aliphatic carbocycles. The largest absolute Gasteiger partial charge is 0.478 e. The minimum atomic E-state index is -1.04. The van der Waals surface area contributed by atoms with Gasteiger partial charge in [0.15, 0.2) is 0 Å². The van der Waals surface area contributed by atoms with Crippen LogP contribution in [0.15, 0.2) is 34.4 Å². The molecule has 0 atom stereocenters. The molecule has 1 heterocycles. The van der Waals surface area contributed by atoms with E-state index in [1.54, 1.807) is 19.1 Å². The number of nitrogens with zero attached hydrogens (tertiary/aromatic N) is 1. The fraction of sp³-hybridized carbons (Fsp3) is 0.214. The van der Waals surface area contributed by atoms with Crippen LogP contribution in [0.2, 0.25) is 0 Å². The molecule has 0 bridgehead atoms. The third-order valence-corrected chi connectivity index (χ3v) is 3.54. The first-order valence-corrected chi connectivity index (χ1v) is 7.08. The summed E-state index contributed by atoms with van der Waals surface area (Å²) in [7, 11) is 0. The summed E-state index contributed by atoms with van der Waals surface area (Å²) in [6, 6.07) is 6.24. The van der Waals surface area contributed by atoms with Gasteiger partial charge in [-0.1, -0.05) is 23.5 Å². The zero-order chi connectivity index (χ0) is 15.4. The Morgan fingerprint density at radius 1 is 1.38 bits per heavy atom. The maximum absolute atomic E-state index is 11.8. The van der Waals surface area contributed by atoms with Gasteiger partial charge in [0.05, 0.1) is 18.7 Å². The predicted molar refractivity (Wildman–Crippen MR) is 77.0 cm³/mol. The van der Waals surface area contributed by atoms with Gasteiger partial charge in [0, 0.05) is 5.38 Å². The second-order valence-electron chi connectivity index (χ2n) is 4.20. The van der Waals surface area contributed by atoms with Crippen LogP contribution in [0.3, 0.4) is 0 Å². The van der Waals surface area contributed by atoms with Gasteiger partial charge in [0.25, 0.3) is 0 Å². The molecule has 0 saturated heterocycles. The molecule has 0 fully saturated rings. The molecular formula is C14H13NO5S. The van der Waals surface area contributed by atoms with Crippen LogP contribution in [0, 0.1) is 0 Å². The normalized spacial score (nSPS) is 10.3. The number of carboxylic acids is 1. The van der Waals surface area contributed by atoms with Gasteiger partial charge < -0.3 is 9.84 Å². The Hall–Kier alpha value is -2.41. The van der Waals surface area contributed by atoms with E-state index in [2.05, 4.69) is 0 Å². The quantitative estimate of drug-likeness (QED) is 0.852. The molecule has 0 amide bonds. The molecule has 2 aromatic rings. The topological polar surface area (TPSA) is 85.6 Å². The minimum absolute atomic E-state index is 0.123. The maximum Gasteiger partial charge on any atom is 0.355 e. The van der Waals surface area contributed by atoms with Gasteiger partial charge in [-0.2, -0.15) is 0 Å². The van der Waals surface area contributed by atoms with E-state index in [0.717, 1.165) is 11.3 Å². The molecule has 1 aromatic heterocycles. The smallest absolute Gasteiger partial charge is 0.355 e. The third kappa shape index (κ3) is 3.38. The number of esters is 1. The first-order chi connectivity index (χ1) is 10.0. The number of aromatic carboxylic acids is 1. The molecule has 0 aliphatic rings. The van der Waals surface area contributed by atoms with Crippen molar-refractivity contribution < 1.29 is 19.4 Å². The number of benzene rings is 1. The number of carbonyl (C=O) groups excluding carboxylic acids is 1. The van der Waals surface area contributed by atoms with Crippen LogP contribution in [0.5, 0.6) is 0 Å². The number of carboxylic acid groups (broad SMARTS) is 1. The van der Waals surface area contributed by atoms with Gasteiger partial charge in [0.2, 0.25) is 0 Å². The van der Waals surface area contributed by atoms with Crippen molar-refractivity contribution in [3.05, 3.63) is 56.1 Å². The second-order valence-corrected chi connectivity index (χ2v) is 5.02. The van der Waals surface area contributed by atoms with Crippen molar-refractivity contribution in [1.29, 1.82) is 0 Å². The summed E-state index contributed by atoms with van der Waals surface area (Å²) in [5.41, 5.74) is 0.932. The fourth-order valence-electron chi connectivity index (χ4n) is 1.83. The first kappa shape index (κ1) is 15.0. The number of carbonyl (C=O) groups is 2. The Kier molecular flexibility index (Phi) is 4.54. The summed E-state index contributed by atoms with van der Waals surface area (Å²) in [5, 5.41) is 10.4. The number of thiazole rings is 1. The lowest BCUT2D eigenvalue weighted by atomic mass is 10.1. The first-order valence-electron chi connectivity index (χ1n) is 6.20. The van der Waals surface area contributed by atoms with Crippen LogP contribution >= 0.6 is 11.3 Å². The summed E-state index contributed by atoms with van der Waals surface area (Å²) in [4.78, 5) is 34.3. The van der Waals surface area contributed by atoms with E-state index in [1.807, 2.05) is 0 Å². The van der Waals surface area contributed by atoms with Crippen molar-refractivity contribution >= 4 is 23.3 Å². The molecule has 0 unspecified atom stereocenters. The van der Waals surface area contributed by atoms with Crippen molar-refractivity contribution in [2.45, 2.75) is 13.5 Å². The van der Waals surface area contributed by atoms with E-state index in [0.29, 0.717) is 5.56 Å². The average molecular weight is 307 g/mol. The molecule has 0 radical (unpaired) electrons. The Morgan fingerprint density at radius 2 is 2.14 bits per heavy atom. The van der Waals surface area contributed by atoms with Crippen molar-refractivity contribution in [2.24, 2.45) is 0 Å². The second kappa shape index (κ2) is 6.36. The Bertz CT molecular complexity index is 731. The fourth-order valence-corrected chi connectivity index (χ4v) is 2.56. The molecule has 0 spiro atoms. The maximum atomic E-state index is 11.8. The van der Waals surface area contributed by atoms with Crippen LogP contribution in [-0.4, -0.2) is 28.2 Å². The van der Waals surface area contributed by atoms with Gasteiger partial charge in [-0.3, -0.25) is 9.36 Å². The number of ether oxygens (including phenoxy) is 1. The lowest BCUT2D eigenvalue weighted by Crippen LogP contribution is -2.21. The zero-order valence-electron chi connectivity index (χ0n) is 11.2. The predicted octanol–water partition coefficient (Wildman–Crippen LogP) is 1.83. The molecular weight excluding hydrogens is 294 g/mol. The number of hydrogen-bond donors (Lipinski definition) is 1. The SMILES string of the molecule is CCOC(=O)c1csc(=O)n1Cc1cccc(C(=O)O)c1. The summed E-state index contributed by atoms with van der Waals surface area (Å²) in [6.07, 6.45) is 0. The molecule has 6 nitrogen and oxygen atoms in total. The Morgan fingerprint density at radius 3 is 2.81 bits per heavy atom. The van der Waals surface area contributed by atoms with Crippen LogP contribution < -0.4 is 4.87 Å². The third-order valence-electron chi connectivity index (χ3n) is 2.78. The highest BCUT2D eigenvalue weighted by molar-refractivity contribution is 7.07. The van der Waals surface area contributed by atoms with E-state index in [9.17, 15) is 14.4 Å². The average Bonchev–Trinajstić information content (AvgIpc) is 2.81. The van der Waals surface area contributed by atoms with E-state index in [1.165, 1.54) is 22.1 Å². The van der Waals surface area contributed by atoms with Gasteiger partial charge in [-0.25, -0.2) is 9.59 Å². The van der Waals surface area contributed by atoms with Crippen molar-refractivity contribution in [1.82, 2.24) is 4.57 Å². The van der Waals surface area contributed by atoms with Gasteiger partial charge in [0.1, 0.15) is 5.69 Å². The van der Waals surface area contributed by atoms with Crippen molar-refractivity contribution in [3.63, 3.8) is 0 Å². The molecule has 2 rings (SSSR count). The highest BCUT2D eigenvalue weighted by Crippen LogP contribution is 2.11. The van der Waals surface area contributed by atoms with Crippen molar-refractivity contribution in [2.75, 3.05) is 6.61 Å². The van der Waals surface area contributed by atoms with E-state index in [4.69, 9.17) is 9.84 Å². The summed E-state index contributed by atoms with van der Waals surface area (Å²) in [6.45, 7) is 2.03. The molecule has 7 heteroatoms. The molecule has 0 saturated carbocycles. The van der Waals surface area contributed by atoms with Gasteiger partial charge in [-0.15, -0.1) is 0 Å². The minimum Gasteiger partial charge on any atom is -0.478 e. The van der Waals surface area contributed by atoms with Crippen LogP contribution in [-0.2, 0) is 11.3 Å². The number of hydrogen-bond acceptors (Lipinski definition) is 5. The van der Waals surface area contributed by atoms with Gasteiger partial charge >= 0.3 is 16.8 Å². The van der Waals surface area contributed by atoms with E-state index < -0.39 is 11.9 Å². The van der Waals surface area contributed by atoms with Crippen LogP contribution in [0.4, 0.5) is 0 Å². The van der Waals surface area contributed by atoms with Crippen LogP contribution in [0.25, 0.3) is 0 Å². The summed E-state index contributed by atoms with van der Waals surface area (Å²) in [5.74, 6) is -1.61. The highest BCUT2D eigenvalue weighted by atomic mass is 32.1. The Labute approximate surface area is 124 Å².